The number of rotatable bonds is 5. The highest BCUT2D eigenvalue weighted by atomic mass is 32.2. The van der Waals surface area contributed by atoms with Crippen LogP contribution in [0, 0.1) is 10.1 Å². The average molecular weight is 387 g/mol. The van der Waals surface area contributed by atoms with Crippen LogP contribution in [0.4, 0.5) is 10.5 Å². The molecule has 0 saturated carbocycles. The molecule has 27 heavy (non-hydrogen) atoms. The summed E-state index contributed by atoms with van der Waals surface area (Å²) >= 11 is 0.862. The fourth-order valence-electron chi connectivity index (χ4n) is 2.21. The molecule has 2 amide bonds. The lowest BCUT2D eigenvalue weighted by Crippen LogP contribution is -2.22. The van der Waals surface area contributed by atoms with E-state index >= 15 is 0 Å². The summed E-state index contributed by atoms with van der Waals surface area (Å²) in [5, 5.41) is 10.3. The molecule has 3 rings (SSSR count). The molecular weight excluding hydrogens is 374 g/mol. The quantitative estimate of drug-likeness (QED) is 0.436. The van der Waals surface area contributed by atoms with Crippen molar-refractivity contribution in [2.24, 2.45) is 0 Å². The maximum absolute atomic E-state index is 12.0. The SMILES string of the molecule is COc1cc(/C=C2/SC(=O)N(C)C2=O)ccc1Oc1ccc([N+](=O)[O-])cn1. The Kier molecular flexibility index (Phi) is 5.08. The number of ether oxygens (including phenoxy) is 2. The van der Waals surface area contributed by atoms with E-state index < -0.39 is 4.92 Å². The summed E-state index contributed by atoms with van der Waals surface area (Å²) in [5.74, 6) is 0.525. The minimum Gasteiger partial charge on any atom is -0.493 e. The van der Waals surface area contributed by atoms with Crippen LogP contribution in [-0.4, -0.2) is 40.1 Å². The van der Waals surface area contributed by atoms with Gasteiger partial charge in [0, 0.05) is 19.2 Å². The number of nitrogens with zero attached hydrogens (tertiary/aromatic N) is 3. The van der Waals surface area contributed by atoms with E-state index in [-0.39, 0.29) is 22.7 Å². The van der Waals surface area contributed by atoms with E-state index in [2.05, 4.69) is 4.98 Å². The number of hydrogen-bond donors (Lipinski definition) is 0. The van der Waals surface area contributed by atoms with Crippen molar-refractivity contribution in [1.82, 2.24) is 9.88 Å². The first-order chi connectivity index (χ1) is 12.9. The van der Waals surface area contributed by atoms with Gasteiger partial charge in [-0.2, -0.15) is 0 Å². The normalized spacial score (nSPS) is 15.3. The van der Waals surface area contributed by atoms with E-state index in [1.54, 1.807) is 24.3 Å². The zero-order valence-electron chi connectivity index (χ0n) is 14.2. The molecule has 9 nitrogen and oxygen atoms in total. The van der Waals surface area contributed by atoms with Gasteiger partial charge in [0.1, 0.15) is 6.20 Å². The van der Waals surface area contributed by atoms with Crippen molar-refractivity contribution in [3.63, 3.8) is 0 Å². The number of methoxy groups -OCH3 is 1. The maximum Gasteiger partial charge on any atom is 0.293 e. The van der Waals surface area contributed by atoms with Crippen LogP contribution in [0.25, 0.3) is 6.08 Å². The predicted octanol–water partition coefficient (Wildman–Crippen LogP) is 3.46. The molecule has 1 aromatic heterocycles. The van der Waals surface area contributed by atoms with Crippen molar-refractivity contribution in [2.75, 3.05) is 14.2 Å². The van der Waals surface area contributed by atoms with Gasteiger partial charge in [0.2, 0.25) is 5.88 Å². The number of amides is 2. The van der Waals surface area contributed by atoms with Crippen molar-refractivity contribution in [1.29, 1.82) is 0 Å². The largest absolute Gasteiger partial charge is 0.493 e. The summed E-state index contributed by atoms with van der Waals surface area (Å²) in [4.78, 5) is 38.9. The van der Waals surface area contributed by atoms with Gasteiger partial charge in [0.05, 0.1) is 16.9 Å². The monoisotopic (exact) mass is 387 g/mol. The Hall–Kier alpha value is -3.40. The van der Waals surface area contributed by atoms with Gasteiger partial charge >= 0.3 is 0 Å². The summed E-state index contributed by atoms with van der Waals surface area (Å²) in [6.45, 7) is 0. The Balaban J connectivity index is 1.83. The Morgan fingerprint density at radius 1 is 1.22 bits per heavy atom. The first kappa shape index (κ1) is 18.4. The molecule has 0 bridgehead atoms. The minimum atomic E-state index is -0.551. The molecule has 2 heterocycles. The third-order valence-corrected chi connectivity index (χ3v) is 4.58. The molecule has 0 N–H and O–H groups in total. The van der Waals surface area contributed by atoms with Gasteiger partial charge in [0.15, 0.2) is 11.5 Å². The van der Waals surface area contributed by atoms with E-state index in [1.165, 1.54) is 26.3 Å². The van der Waals surface area contributed by atoms with E-state index in [0.29, 0.717) is 22.0 Å². The van der Waals surface area contributed by atoms with Crippen LogP contribution in [0.2, 0.25) is 0 Å². The second kappa shape index (κ2) is 7.46. The highest BCUT2D eigenvalue weighted by molar-refractivity contribution is 8.18. The van der Waals surface area contributed by atoms with Crippen LogP contribution in [0.1, 0.15) is 5.56 Å². The molecule has 0 atom stereocenters. The number of likely N-dealkylation sites (N-methyl/N-ethyl adjacent to an activating group) is 1. The fourth-order valence-corrected chi connectivity index (χ4v) is 3.04. The van der Waals surface area contributed by atoms with Crippen molar-refractivity contribution >= 4 is 34.7 Å². The third-order valence-electron chi connectivity index (χ3n) is 3.62. The van der Waals surface area contributed by atoms with Crippen molar-refractivity contribution in [2.45, 2.75) is 0 Å². The van der Waals surface area contributed by atoms with Gasteiger partial charge in [-0.25, -0.2) is 4.98 Å². The fraction of sp³-hybridized carbons (Fsp3) is 0.118. The highest BCUT2D eigenvalue weighted by Crippen LogP contribution is 2.35. The van der Waals surface area contributed by atoms with Crippen LogP contribution >= 0.6 is 11.8 Å². The summed E-state index contributed by atoms with van der Waals surface area (Å²) in [6.07, 6.45) is 2.68. The lowest BCUT2D eigenvalue weighted by molar-refractivity contribution is -0.385. The number of carbonyl (C=O) groups is 2. The number of aromatic nitrogens is 1. The maximum atomic E-state index is 12.0. The van der Waals surface area contributed by atoms with Gasteiger partial charge in [-0.1, -0.05) is 6.07 Å². The minimum absolute atomic E-state index is 0.144. The summed E-state index contributed by atoms with van der Waals surface area (Å²) in [5.41, 5.74) is 0.504. The topological polar surface area (TPSA) is 112 Å². The number of benzene rings is 1. The zero-order valence-corrected chi connectivity index (χ0v) is 15.1. The molecule has 1 aromatic carbocycles. The molecule has 1 aliphatic rings. The molecule has 138 valence electrons. The Bertz CT molecular complexity index is 958. The van der Waals surface area contributed by atoms with Crippen molar-refractivity contribution in [3.05, 3.63) is 57.1 Å². The standard InChI is InChI=1S/C17H13N3O6S/c1-19-16(21)14(27-17(19)22)8-10-3-5-12(13(7-10)25-2)26-15-6-4-11(9-18-15)20(23)24/h3-9H,1-2H3/b14-8+. The molecule has 1 aliphatic heterocycles. The summed E-state index contributed by atoms with van der Waals surface area (Å²) in [6, 6.07) is 7.61. The van der Waals surface area contributed by atoms with Gasteiger partial charge < -0.3 is 9.47 Å². The molecular formula is C17H13N3O6S. The lowest BCUT2D eigenvalue weighted by Gasteiger charge is -2.10. The zero-order chi connectivity index (χ0) is 19.6. The van der Waals surface area contributed by atoms with Gasteiger partial charge in [-0.05, 0) is 35.5 Å². The second-order valence-electron chi connectivity index (χ2n) is 5.36. The molecule has 0 aliphatic carbocycles. The lowest BCUT2D eigenvalue weighted by atomic mass is 10.2. The van der Waals surface area contributed by atoms with Crippen LogP contribution in [0.3, 0.4) is 0 Å². The number of pyridine rings is 1. The molecule has 0 spiro atoms. The third kappa shape index (κ3) is 3.90. The molecule has 0 radical (unpaired) electrons. The van der Waals surface area contributed by atoms with E-state index in [9.17, 15) is 19.7 Å². The van der Waals surface area contributed by atoms with E-state index in [4.69, 9.17) is 9.47 Å². The predicted molar refractivity (Wildman–Crippen MR) is 97.7 cm³/mol. The molecule has 10 heteroatoms. The number of carbonyl (C=O) groups excluding carboxylic acids is 2. The van der Waals surface area contributed by atoms with Crippen molar-refractivity contribution in [3.8, 4) is 17.4 Å². The van der Waals surface area contributed by atoms with Gasteiger partial charge in [0.25, 0.3) is 16.8 Å². The number of imide groups is 1. The van der Waals surface area contributed by atoms with E-state index in [0.717, 1.165) is 22.9 Å². The Labute approximate surface area is 157 Å². The molecule has 2 aromatic rings. The second-order valence-corrected chi connectivity index (χ2v) is 6.36. The molecule has 1 fully saturated rings. The number of hydrogen-bond acceptors (Lipinski definition) is 8. The number of nitro groups is 1. The van der Waals surface area contributed by atoms with Crippen LogP contribution in [0.15, 0.2) is 41.4 Å². The van der Waals surface area contributed by atoms with Crippen molar-refractivity contribution < 1.29 is 24.0 Å². The first-order valence-electron chi connectivity index (χ1n) is 7.57. The summed E-state index contributed by atoms with van der Waals surface area (Å²) in [7, 11) is 2.88. The van der Waals surface area contributed by atoms with Crippen LogP contribution < -0.4 is 9.47 Å². The number of thioether (sulfide) groups is 1. The highest BCUT2D eigenvalue weighted by Gasteiger charge is 2.31. The smallest absolute Gasteiger partial charge is 0.293 e. The summed E-state index contributed by atoms with van der Waals surface area (Å²) < 4.78 is 10.9. The van der Waals surface area contributed by atoms with Gasteiger partial charge in [-0.3, -0.25) is 24.6 Å². The Morgan fingerprint density at radius 3 is 2.56 bits per heavy atom. The Morgan fingerprint density at radius 2 is 2.00 bits per heavy atom. The van der Waals surface area contributed by atoms with E-state index in [1.807, 2.05) is 0 Å². The molecule has 0 unspecified atom stereocenters. The van der Waals surface area contributed by atoms with Crippen LogP contribution in [0.5, 0.6) is 17.4 Å². The first-order valence-corrected chi connectivity index (χ1v) is 8.38. The van der Waals surface area contributed by atoms with Crippen LogP contribution in [-0.2, 0) is 4.79 Å². The van der Waals surface area contributed by atoms with Gasteiger partial charge in [-0.15, -0.1) is 0 Å². The molecule has 1 saturated heterocycles. The average Bonchev–Trinajstić information content (AvgIpc) is 2.90.